The van der Waals surface area contributed by atoms with E-state index < -0.39 is 10.0 Å². The number of sulfonamides is 1. The van der Waals surface area contributed by atoms with E-state index in [2.05, 4.69) is 10.0 Å². The third-order valence-corrected chi connectivity index (χ3v) is 6.10. The number of furan rings is 1. The van der Waals surface area contributed by atoms with Crippen molar-refractivity contribution in [1.82, 2.24) is 10.0 Å². The minimum absolute atomic E-state index is 0.00148. The molecule has 1 aliphatic rings. The quantitative estimate of drug-likeness (QED) is 0.839. The van der Waals surface area contributed by atoms with Gasteiger partial charge >= 0.3 is 0 Å². The van der Waals surface area contributed by atoms with Crippen molar-refractivity contribution in [2.45, 2.75) is 48.6 Å². The van der Waals surface area contributed by atoms with E-state index in [0.717, 1.165) is 19.3 Å². The average Bonchev–Trinajstić information content (AvgIpc) is 2.89. The van der Waals surface area contributed by atoms with Crippen molar-refractivity contribution in [3.63, 3.8) is 0 Å². The van der Waals surface area contributed by atoms with E-state index in [0.29, 0.717) is 17.6 Å². The van der Waals surface area contributed by atoms with Gasteiger partial charge in [-0.05, 0) is 38.3 Å². The van der Waals surface area contributed by atoms with Crippen molar-refractivity contribution in [2.24, 2.45) is 0 Å². The van der Waals surface area contributed by atoms with Gasteiger partial charge in [0.25, 0.3) is 10.0 Å². The molecule has 1 saturated carbocycles. The molecule has 0 aliphatic heterocycles. The summed E-state index contributed by atoms with van der Waals surface area (Å²) in [4.78, 5) is 0. The Morgan fingerprint density at radius 3 is 2.80 bits per heavy atom. The number of hydrogen-bond donors (Lipinski definition) is 2. The molecule has 0 saturated heterocycles. The lowest BCUT2D eigenvalue weighted by atomic mass is 9.96. The average molecular weight is 318 g/mol. The Labute approximate surface area is 124 Å². The van der Waals surface area contributed by atoms with E-state index in [9.17, 15) is 8.42 Å². The van der Waals surface area contributed by atoms with Crippen LogP contribution >= 0.6 is 11.8 Å². The van der Waals surface area contributed by atoms with Crippen LogP contribution in [0.2, 0.25) is 0 Å². The van der Waals surface area contributed by atoms with Gasteiger partial charge in [-0.1, -0.05) is 12.8 Å². The molecule has 1 aromatic heterocycles. The highest BCUT2D eigenvalue weighted by atomic mass is 32.2. The summed E-state index contributed by atoms with van der Waals surface area (Å²) in [7, 11) is -1.77. The fraction of sp³-hybridized carbons (Fsp3) is 0.692. The van der Waals surface area contributed by atoms with Gasteiger partial charge in [-0.25, -0.2) is 13.1 Å². The zero-order chi connectivity index (χ0) is 14.6. The highest BCUT2D eigenvalue weighted by Gasteiger charge is 2.30. The molecule has 2 N–H and O–H groups in total. The fourth-order valence-electron chi connectivity index (χ4n) is 2.54. The Balaban J connectivity index is 2.09. The summed E-state index contributed by atoms with van der Waals surface area (Å²) in [5, 5.41) is 3.29. The summed E-state index contributed by atoms with van der Waals surface area (Å²) in [6.45, 7) is 0.520. The van der Waals surface area contributed by atoms with E-state index in [1.165, 1.54) is 12.5 Å². The van der Waals surface area contributed by atoms with Crippen molar-refractivity contribution in [1.29, 1.82) is 0 Å². The smallest absolute Gasteiger partial charge is 0.274 e. The van der Waals surface area contributed by atoms with Crippen molar-refractivity contribution in [3.8, 4) is 0 Å². The monoisotopic (exact) mass is 318 g/mol. The molecule has 1 aliphatic carbocycles. The van der Waals surface area contributed by atoms with Crippen LogP contribution in [0.15, 0.2) is 21.6 Å². The molecule has 0 aromatic carbocycles. The van der Waals surface area contributed by atoms with Crippen LogP contribution in [0, 0.1) is 0 Å². The molecule has 7 heteroatoms. The first-order chi connectivity index (χ1) is 9.56. The highest BCUT2D eigenvalue weighted by Crippen LogP contribution is 2.28. The lowest BCUT2D eigenvalue weighted by Gasteiger charge is -2.30. The molecular formula is C13H22N2O3S2. The largest absolute Gasteiger partial charge is 0.447 e. The van der Waals surface area contributed by atoms with Gasteiger partial charge in [0.15, 0.2) is 0 Å². The second-order valence-electron chi connectivity index (χ2n) is 5.04. The van der Waals surface area contributed by atoms with E-state index >= 15 is 0 Å². The van der Waals surface area contributed by atoms with E-state index in [1.54, 1.807) is 24.9 Å². The summed E-state index contributed by atoms with van der Waals surface area (Å²) in [5.41, 5.74) is 0. The molecule has 1 fully saturated rings. The second kappa shape index (κ2) is 6.98. The van der Waals surface area contributed by atoms with Gasteiger partial charge < -0.3 is 9.73 Å². The number of hydrogen-bond acceptors (Lipinski definition) is 5. The van der Waals surface area contributed by atoms with E-state index in [4.69, 9.17) is 4.42 Å². The molecule has 5 nitrogen and oxygen atoms in total. The Hall–Kier alpha value is -0.500. The molecule has 0 spiro atoms. The van der Waals surface area contributed by atoms with Crippen LogP contribution in [-0.2, 0) is 16.6 Å². The third kappa shape index (κ3) is 3.78. The van der Waals surface area contributed by atoms with Crippen molar-refractivity contribution >= 4 is 21.8 Å². The van der Waals surface area contributed by atoms with Crippen LogP contribution in [0.4, 0.5) is 0 Å². The van der Waals surface area contributed by atoms with Gasteiger partial charge in [-0.3, -0.25) is 0 Å². The zero-order valence-electron chi connectivity index (χ0n) is 11.9. The molecule has 2 atom stereocenters. The van der Waals surface area contributed by atoms with E-state index in [1.807, 2.05) is 6.26 Å². The Bertz CT molecular complexity index is 527. The van der Waals surface area contributed by atoms with Crippen LogP contribution in [-0.4, -0.2) is 33.0 Å². The van der Waals surface area contributed by atoms with Crippen molar-refractivity contribution in [3.05, 3.63) is 17.9 Å². The molecule has 0 amide bonds. The topological polar surface area (TPSA) is 71.3 Å². The molecule has 2 unspecified atom stereocenters. The maximum absolute atomic E-state index is 12.3. The van der Waals surface area contributed by atoms with Gasteiger partial charge in [0.1, 0.15) is 5.76 Å². The van der Waals surface area contributed by atoms with Crippen LogP contribution in [0.3, 0.4) is 0 Å². The Morgan fingerprint density at radius 2 is 2.10 bits per heavy atom. The molecule has 20 heavy (non-hydrogen) atoms. The first-order valence-corrected chi connectivity index (χ1v) is 9.62. The Kier molecular flexibility index (Phi) is 5.54. The first kappa shape index (κ1) is 15.9. The van der Waals surface area contributed by atoms with Crippen molar-refractivity contribution in [2.75, 3.05) is 13.3 Å². The normalized spacial score (nSPS) is 23.9. The van der Waals surface area contributed by atoms with Gasteiger partial charge in [0, 0.05) is 11.3 Å². The van der Waals surface area contributed by atoms with Crippen LogP contribution in [0.25, 0.3) is 0 Å². The van der Waals surface area contributed by atoms with Crippen molar-refractivity contribution < 1.29 is 12.8 Å². The van der Waals surface area contributed by atoms with Gasteiger partial charge in [0.05, 0.1) is 6.54 Å². The molecule has 0 radical (unpaired) electrons. The highest BCUT2D eigenvalue weighted by molar-refractivity contribution is 7.99. The summed E-state index contributed by atoms with van der Waals surface area (Å²) >= 11 is 1.74. The van der Waals surface area contributed by atoms with Gasteiger partial charge in [0.2, 0.25) is 5.09 Å². The Morgan fingerprint density at radius 1 is 1.35 bits per heavy atom. The SMILES string of the molecule is CNCc1ccc(S(=O)(=O)NC2CCCCC2SC)o1. The van der Waals surface area contributed by atoms with Crippen LogP contribution < -0.4 is 10.0 Å². The van der Waals surface area contributed by atoms with Gasteiger partial charge in [-0.15, -0.1) is 0 Å². The maximum Gasteiger partial charge on any atom is 0.274 e. The zero-order valence-corrected chi connectivity index (χ0v) is 13.5. The summed E-state index contributed by atoms with van der Waals surface area (Å²) < 4.78 is 32.9. The predicted molar refractivity (Wildman–Crippen MR) is 81.4 cm³/mol. The number of nitrogens with one attached hydrogen (secondary N) is 2. The van der Waals surface area contributed by atoms with E-state index in [-0.39, 0.29) is 11.1 Å². The molecular weight excluding hydrogens is 296 g/mol. The molecule has 1 heterocycles. The van der Waals surface area contributed by atoms with Gasteiger partial charge in [-0.2, -0.15) is 11.8 Å². The third-order valence-electron chi connectivity index (χ3n) is 3.56. The summed E-state index contributed by atoms with van der Waals surface area (Å²) in [6, 6.07) is 3.21. The molecule has 2 rings (SSSR count). The predicted octanol–water partition coefficient (Wildman–Crippen LogP) is 1.95. The summed E-state index contributed by atoms with van der Waals surface area (Å²) in [5.74, 6) is 0.623. The minimum Gasteiger partial charge on any atom is -0.447 e. The second-order valence-corrected chi connectivity index (χ2v) is 7.76. The molecule has 1 aromatic rings. The van der Waals surface area contributed by atoms with Crippen LogP contribution in [0.5, 0.6) is 0 Å². The van der Waals surface area contributed by atoms with Crippen LogP contribution in [0.1, 0.15) is 31.4 Å². The fourth-order valence-corrected chi connectivity index (χ4v) is 4.82. The molecule has 0 bridgehead atoms. The standard InChI is InChI=1S/C13H22N2O3S2/c1-14-9-10-7-8-13(18-10)20(16,17)15-11-5-3-4-6-12(11)19-2/h7-8,11-12,14-15H,3-6,9H2,1-2H3. The maximum atomic E-state index is 12.3. The first-order valence-electron chi connectivity index (χ1n) is 6.85. The lowest BCUT2D eigenvalue weighted by molar-refractivity contribution is 0.389. The minimum atomic E-state index is -3.56. The lowest BCUT2D eigenvalue weighted by Crippen LogP contribution is -2.43. The number of rotatable bonds is 6. The number of thioether (sulfide) groups is 1. The summed E-state index contributed by atoms with van der Waals surface area (Å²) in [6.07, 6.45) is 6.26. The molecule has 114 valence electrons.